The number of aliphatic hydroxyl groups is 1. The molecule has 0 aromatic heterocycles. The lowest BCUT2D eigenvalue weighted by Crippen LogP contribution is -2.20. The molecule has 0 aliphatic carbocycles. The number of hydrogen-bond donors (Lipinski definition) is 1. The van der Waals surface area contributed by atoms with Crippen molar-refractivity contribution >= 4 is 11.9 Å². The van der Waals surface area contributed by atoms with Crippen LogP contribution >= 0.6 is 0 Å². The van der Waals surface area contributed by atoms with E-state index in [0.29, 0.717) is 0 Å². The van der Waals surface area contributed by atoms with Crippen molar-refractivity contribution in [1.29, 1.82) is 0 Å². The van der Waals surface area contributed by atoms with Crippen molar-refractivity contribution in [3.05, 3.63) is 0 Å². The van der Waals surface area contributed by atoms with E-state index in [9.17, 15) is 9.59 Å². The van der Waals surface area contributed by atoms with Crippen molar-refractivity contribution in [3.63, 3.8) is 0 Å². The second kappa shape index (κ2) is 10.9. The highest BCUT2D eigenvalue weighted by Crippen LogP contribution is 1.93. The molecule has 0 bridgehead atoms. The smallest absolute Gasteiger partial charge is 0.326 e. The van der Waals surface area contributed by atoms with E-state index in [-0.39, 0.29) is 26.4 Å². The number of esters is 2. The lowest BCUT2D eigenvalue weighted by molar-refractivity contribution is -0.514. The summed E-state index contributed by atoms with van der Waals surface area (Å²) in [5, 5.41) is 8.96. The van der Waals surface area contributed by atoms with Gasteiger partial charge in [0.2, 0.25) is 0 Å². The van der Waals surface area contributed by atoms with Gasteiger partial charge in [-0.1, -0.05) is 0 Å². The molecule has 0 spiro atoms. The van der Waals surface area contributed by atoms with Crippen LogP contribution in [0.4, 0.5) is 0 Å². The second-order valence-electron chi connectivity index (χ2n) is 2.82. The van der Waals surface area contributed by atoms with Crippen molar-refractivity contribution in [3.8, 4) is 0 Å². The molecule has 0 saturated heterocycles. The Morgan fingerprint density at radius 1 is 0.889 bits per heavy atom. The Labute approximate surface area is 103 Å². The molecule has 0 unspecified atom stereocenters. The van der Waals surface area contributed by atoms with Gasteiger partial charge >= 0.3 is 18.4 Å². The van der Waals surface area contributed by atoms with Crippen LogP contribution in [0, 0.1) is 0 Å². The molecule has 0 amide bonds. The van der Waals surface area contributed by atoms with Crippen LogP contribution in [-0.4, -0.2) is 49.9 Å². The number of carbonyl (C=O) groups is 2. The standard InChI is InChI=1S/C9H16O9/c1-7(10)13-3-5-15-17-9(12)18-16-6-4-14-8(2)11/h9,12H,3-6H2,1-2H3. The molecule has 0 radical (unpaired) electrons. The van der Waals surface area contributed by atoms with E-state index >= 15 is 0 Å². The summed E-state index contributed by atoms with van der Waals surface area (Å²) in [6.45, 7) is 0.539. The van der Waals surface area contributed by atoms with Crippen molar-refractivity contribution in [1.82, 2.24) is 0 Å². The topological polar surface area (TPSA) is 110 Å². The van der Waals surface area contributed by atoms with Crippen molar-refractivity contribution in [2.75, 3.05) is 26.4 Å². The van der Waals surface area contributed by atoms with Crippen LogP contribution in [-0.2, 0) is 38.6 Å². The first-order valence-electron chi connectivity index (χ1n) is 5.03. The molecule has 0 aromatic rings. The summed E-state index contributed by atoms with van der Waals surface area (Å²) in [6, 6.07) is 0. The molecule has 18 heavy (non-hydrogen) atoms. The molecule has 0 aromatic carbocycles. The zero-order valence-corrected chi connectivity index (χ0v) is 10.1. The van der Waals surface area contributed by atoms with Crippen LogP contribution in [0.2, 0.25) is 0 Å². The average Bonchev–Trinajstić information content (AvgIpc) is 2.27. The zero-order chi connectivity index (χ0) is 13.8. The van der Waals surface area contributed by atoms with Crippen molar-refractivity contribution in [2.24, 2.45) is 0 Å². The van der Waals surface area contributed by atoms with Crippen LogP contribution in [0.1, 0.15) is 13.8 Å². The summed E-state index contributed by atoms with van der Waals surface area (Å²) in [5.41, 5.74) is 0. The molecular formula is C9H16O9. The van der Waals surface area contributed by atoms with Gasteiger partial charge in [-0.15, -0.1) is 0 Å². The van der Waals surface area contributed by atoms with E-state index in [1.54, 1.807) is 0 Å². The molecule has 1 N–H and O–H groups in total. The molecule has 9 nitrogen and oxygen atoms in total. The third-order valence-electron chi connectivity index (χ3n) is 1.24. The number of aliphatic hydroxyl groups excluding tert-OH is 1. The van der Waals surface area contributed by atoms with E-state index in [1.165, 1.54) is 13.8 Å². The Bertz CT molecular complexity index is 218. The molecule has 0 fully saturated rings. The van der Waals surface area contributed by atoms with E-state index in [4.69, 9.17) is 5.11 Å². The highest BCUT2D eigenvalue weighted by Gasteiger charge is 2.06. The summed E-state index contributed by atoms with van der Waals surface area (Å²) < 4.78 is 9.03. The van der Waals surface area contributed by atoms with Crippen molar-refractivity contribution < 1.29 is 43.7 Å². The van der Waals surface area contributed by atoms with Crippen LogP contribution in [0.15, 0.2) is 0 Å². The maximum atomic E-state index is 10.3. The van der Waals surface area contributed by atoms with Crippen LogP contribution in [0.25, 0.3) is 0 Å². The molecule has 0 aliphatic rings. The Morgan fingerprint density at radius 2 is 1.28 bits per heavy atom. The maximum absolute atomic E-state index is 10.3. The van der Waals surface area contributed by atoms with Gasteiger partial charge in [0, 0.05) is 13.8 Å². The highest BCUT2D eigenvalue weighted by atomic mass is 17.3. The largest absolute Gasteiger partial charge is 0.463 e. The van der Waals surface area contributed by atoms with E-state index in [0.717, 1.165) is 0 Å². The Balaban J connectivity index is 3.24. The monoisotopic (exact) mass is 268 g/mol. The van der Waals surface area contributed by atoms with Gasteiger partial charge in [-0.3, -0.25) is 9.59 Å². The molecule has 9 heteroatoms. The first-order valence-corrected chi connectivity index (χ1v) is 5.03. The Hall–Kier alpha value is -1.26. The van der Waals surface area contributed by atoms with Crippen molar-refractivity contribution in [2.45, 2.75) is 20.3 Å². The molecule has 0 aliphatic heterocycles. The summed E-state index contributed by atoms with van der Waals surface area (Å²) in [7, 11) is 0. The minimum absolute atomic E-state index is 0.0185. The fourth-order valence-electron chi connectivity index (χ4n) is 0.668. The number of hydrogen-bond acceptors (Lipinski definition) is 9. The maximum Gasteiger partial charge on any atom is 0.326 e. The zero-order valence-electron chi connectivity index (χ0n) is 10.1. The van der Waals surface area contributed by atoms with E-state index in [2.05, 4.69) is 29.0 Å². The third kappa shape index (κ3) is 12.8. The molecule has 106 valence electrons. The van der Waals surface area contributed by atoms with Gasteiger partial charge < -0.3 is 14.6 Å². The summed E-state index contributed by atoms with van der Waals surface area (Å²) in [5.74, 6) is -0.909. The summed E-state index contributed by atoms with van der Waals surface area (Å²) in [4.78, 5) is 38.1. The minimum atomic E-state index is -1.76. The number of carbonyl (C=O) groups excluding carboxylic acids is 2. The average molecular weight is 268 g/mol. The summed E-state index contributed by atoms with van der Waals surface area (Å²) in [6.07, 6.45) is 0. The Morgan fingerprint density at radius 3 is 1.61 bits per heavy atom. The molecular weight excluding hydrogens is 252 g/mol. The molecule has 0 heterocycles. The number of rotatable bonds is 10. The van der Waals surface area contributed by atoms with Gasteiger partial charge in [0.1, 0.15) is 26.4 Å². The van der Waals surface area contributed by atoms with Gasteiger partial charge in [-0.25, -0.2) is 9.78 Å². The fraction of sp³-hybridized carbons (Fsp3) is 0.778. The molecule has 0 saturated carbocycles. The molecule has 0 rings (SSSR count). The lowest BCUT2D eigenvalue weighted by Gasteiger charge is -2.10. The highest BCUT2D eigenvalue weighted by molar-refractivity contribution is 5.66. The first kappa shape index (κ1) is 16.7. The third-order valence-corrected chi connectivity index (χ3v) is 1.24. The van der Waals surface area contributed by atoms with E-state index in [1.807, 2.05) is 0 Å². The van der Waals surface area contributed by atoms with Gasteiger partial charge in [0.25, 0.3) is 0 Å². The lowest BCUT2D eigenvalue weighted by atomic mass is 10.7. The predicted octanol–water partition coefficient (Wildman–Crippen LogP) is -0.715. The van der Waals surface area contributed by atoms with Crippen LogP contribution in [0.5, 0.6) is 0 Å². The first-order chi connectivity index (χ1) is 8.52. The van der Waals surface area contributed by atoms with Gasteiger partial charge in [-0.2, -0.15) is 9.78 Å². The second-order valence-corrected chi connectivity index (χ2v) is 2.82. The van der Waals surface area contributed by atoms with Crippen LogP contribution < -0.4 is 0 Å². The van der Waals surface area contributed by atoms with E-state index < -0.39 is 18.4 Å². The van der Waals surface area contributed by atoms with Gasteiger partial charge in [0.15, 0.2) is 0 Å². The van der Waals surface area contributed by atoms with Gasteiger partial charge in [0.05, 0.1) is 0 Å². The quantitative estimate of drug-likeness (QED) is 0.180. The van der Waals surface area contributed by atoms with Crippen LogP contribution in [0.3, 0.4) is 0 Å². The summed E-state index contributed by atoms with van der Waals surface area (Å²) >= 11 is 0. The predicted molar refractivity (Wildman–Crippen MR) is 53.3 cm³/mol. The SMILES string of the molecule is CC(=O)OCCOOC(O)OOCCOC(C)=O. The Kier molecular flexibility index (Phi) is 10.1. The minimum Gasteiger partial charge on any atom is -0.463 e. The molecule has 0 atom stereocenters. The number of ether oxygens (including phenoxy) is 2. The normalized spacial score (nSPS) is 10.4. The fourth-order valence-corrected chi connectivity index (χ4v) is 0.668. The van der Waals surface area contributed by atoms with Gasteiger partial charge in [-0.05, 0) is 0 Å².